The molecule has 0 aromatic heterocycles. The van der Waals surface area contributed by atoms with Crippen molar-refractivity contribution < 1.29 is 8.42 Å². The van der Waals surface area contributed by atoms with E-state index in [0.29, 0.717) is 4.90 Å². The molecule has 0 amide bonds. The Hall–Kier alpha value is -1.65. The maximum atomic E-state index is 11.7. The van der Waals surface area contributed by atoms with Gasteiger partial charge in [-0.25, -0.2) is 8.42 Å². The Labute approximate surface area is 146 Å². The van der Waals surface area contributed by atoms with Crippen molar-refractivity contribution in [3.05, 3.63) is 53.6 Å². The molecular formula is C20H27NO2S. The molecule has 0 N–H and O–H groups in total. The summed E-state index contributed by atoms with van der Waals surface area (Å²) < 4.78 is 23.5. The van der Waals surface area contributed by atoms with Gasteiger partial charge in [-0.3, -0.25) is 4.90 Å². The molecule has 0 radical (unpaired) electrons. The van der Waals surface area contributed by atoms with Crippen LogP contribution in [0, 0.1) is 6.92 Å². The van der Waals surface area contributed by atoms with Crippen LogP contribution in [-0.2, 0) is 16.4 Å². The van der Waals surface area contributed by atoms with Gasteiger partial charge in [0, 0.05) is 12.8 Å². The first kappa shape index (κ1) is 18.7. The molecule has 0 aliphatic carbocycles. The number of rotatable bonds is 7. The molecule has 2 rings (SSSR count). The molecule has 0 fully saturated rings. The molecule has 2 aromatic rings. The van der Waals surface area contributed by atoms with Crippen molar-refractivity contribution >= 4 is 9.84 Å². The largest absolute Gasteiger partial charge is 0.299 e. The van der Waals surface area contributed by atoms with Crippen LogP contribution < -0.4 is 0 Å². The summed E-state index contributed by atoms with van der Waals surface area (Å²) in [6.45, 7) is 9.63. The Bertz CT molecular complexity index is 797. The molecule has 0 atom stereocenters. The highest BCUT2D eigenvalue weighted by Crippen LogP contribution is 2.25. The highest BCUT2D eigenvalue weighted by Gasteiger charge is 2.10. The Morgan fingerprint density at radius 1 is 1.00 bits per heavy atom. The molecule has 0 spiro atoms. The van der Waals surface area contributed by atoms with Crippen LogP contribution in [0.15, 0.2) is 47.4 Å². The molecular weight excluding hydrogens is 318 g/mol. The van der Waals surface area contributed by atoms with Crippen molar-refractivity contribution in [2.45, 2.75) is 38.6 Å². The quantitative estimate of drug-likeness (QED) is 0.751. The number of hydrogen-bond acceptors (Lipinski definition) is 3. The Morgan fingerprint density at radius 2 is 1.71 bits per heavy atom. The maximum absolute atomic E-state index is 11.7. The van der Waals surface area contributed by atoms with E-state index in [9.17, 15) is 8.42 Å². The lowest BCUT2D eigenvalue weighted by Gasteiger charge is -2.21. The smallest absolute Gasteiger partial charge is 0.175 e. The number of sulfone groups is 1. The summed E-state index contributed by atoms with van der Waals surface area (Å²) in [6, 6.07) is 13.5. The van der Waals surface area contributed by atoms with E-state index in [4.69, 9.17) is 0 Å². The highest BCUT2D eigenvalue weighted by atomic mass is 32.2. The third-order valence-electron chi connectivity index (χ3n) is 4.32. The van der Waals surface area contributed by atoms with Crippen LogP contribution >= 0.6 is 0 Å². The number of benzene rings is 2. The third-order valence-corrected chi connectivity index (χ3v) is 5.43. The van der Waals surface area contributed by atoms with Gasteiger partial charge in [0.15, 0.2) is 9.84 Å². The van der Waals surface area contributed by atoms with Gasteiger partial charge in [-0.05, 0) is 60.8 Å². The average molecular weight is 346 g/mol. The molecule has 24 heavy (non-hydrogen) atoms. The van der Waals surface area contributed by atoms with Crippen molar-refractivity contribution in [1.82, 2.24) is 4.90 Å². The number of nitrogens with zero attached hydrogens (tertiary/aromatic N) is 1. The Balaban J connectivity index is 2.30. The Kier molecular flexibility index (Phi) is 6.19. The molecule has 0 unspecified atom stereocenters. The van der Waals surface area contributed by atoms with Gasteiger partial charge in [-0.1, -0.05) is 44.2 Å². The van der Waals surface area contributed by atoms with Gasteiger partial charge in [0.2, 0.25) is 0 Å². The fraction of sp³-hybridized carbons (Fsp3) is 0.400. The summed E-state index contributed by atoms with van der Waals surface area (Å²) in [5, 5.41) is 0. The van der Waals surface area contributed by atoms with Gasteiger partial charge in [0.05, 0.1) is 4.90 Å². The van der Waals surface area contributed by atoms with Crippen molar-refractivity contribution in [3.8, 4) is 11.1 Å². The van der Waals surface area contributed by atoms with E-state index in [2.05, 4.69) is 43.9 Å². The van der Waals surface area contributed by atoms with Crippen LogP contribution in [0.4, 0.5) is 0 Å². The molecule has 4 heteroatoms. The molecule has 0 bridgehead atoms. The Morgan fingerprint density at radius 3 is 2.29 bits per heavy atom. The van der Waals surface area contributed by atoms with Crippen molar-refractivity contribution in [2.75, 3.05) is 19.3 Å². The summed E-state index contributed by atoms with van der Waals surface area (Å²) in [6.07, 6.45) is 2.40. The summed E-state index contributed by atoms with van der Waals surface area (Å²) in [5.74, 6) is 0. The fourth-order valence-electron chi connectivity index (χ4n) is 2.87. The third kappa shape index (κ3) is 4.68. The van der Waals surface area contributed by atoms with E-state index >= 15 is 0 Å². The van der Waals surface area contributed by atoms with Crippen LogP contribution in [0.25, 0.3) is 11.1 Å². The molecule has 0 aliphatic heterocycles. The lowest BCUT2D eigenvalue weighted by Crippen LogP contribution is -2.23. The second kappa shape index (κ2) is 7.95. The van der Waals surface area contributed by atoms with Crippen molar-refractivity contribution in [2.24, 2.45) is 0 Å². The maximum Gasteiger partial charge on any atom is 0.175 e. The monoisotopic (exact) mass is 345 g/mol. The highest BCUT2D eigenvalue weighted by molar-refractivity contribution is 7.90. The van der Waals surface area contributed by atoms with E-state index in [1.165, 1.54) is 17.4 Å². The standard InChI is InChI=1S/C20H27NO2S/c1-5-12-21(6-2)15-19-11-10-18(13-16(19)3)17-8-7-9-20(14-17)24(4,22)23/h7-11,13-14H,5-6,12,15H2,1-4H3. The van der Waals surface area contributed by atoms with Gasteiger partial charge >= 0.3 is 0 Å². The molecule has 0 aliphatic rings. The summed E-state index contributed by atoms with van der Waals surface area (Å²) in [7, 11) is -3.18. The molecule has 0 heterocycles. The van der Waals surface area contributed by atoms with Gasteiger partial charge in [-0.2, -0.15) is 0 Å². The normalized spacial score (nSPS) is 11.9. The SMILES string of the molecule is CCCN(CC)Cc1ccc(-c2cccc(S(C)(=O)=O)c2)cc1C. The van der Waals surface area contributed by atoms with E-state index in [1.54, 1.807) is 18.2 Å². The molecule has 2 aromatic carbocycles. The van der Waals surface area contributed by atoms with E-state index in [-0.39, 0.29) is 0 Å². The minimum absolute atomic E-state index is 0.363. The molecule has 130 valence electrons. The fourth-order valence-corrected chi connectivity index (χ4v) is 3.53. The minimum atomic E-state index is -3.18. The predicted octanol–water partition coefficient (Wildman–Crippen LogP) is 4.30. The zero-order valence-electron chi connectivity index (χ0n) is 15.0. The predicted molar refractivity (Wildman–Crippen MR) is 101 cm³/mol. The summed E-state index contributed by atoms with van der Waals surface area (Å²) in [4.78, 5) is 2.80. The van der Waals surface area contributed by atoms with Crippen molar-refractivity contribution in [3.63, 3.8) is 0 Å². The first-order valence-corrected chi connectivity index (χ1v) is 10.4. The van der Waals surface area contributed by atoms with E-state index < -0.39 is 9.84 Å². The lowest BCUT2D eigenvalue weighted by atomic mass is 9.99. The van der Waals surface area contributed by atoms with Crippen LogP contribution in [0.5, 0.6) is 0 Å². The second-order valence-corrected chi connectivity index (χ2v) is 8.33. The molecule has 0 saturated carbocycles. The van der Waals surface area contributed by atoms with Gasteiger partial charge in [0.25, 0.3) is 0 Å². The molecule has 0 saturated heterocycles. The topological polar surface area (TPSA) is 37.4 Å². The zero-order valence-corrected chi connectivity index (χ0v) is 15.9. The first-order chi connectivity index (χ1) is 11.3. The summed E-state index contributed by atoms with van der Waals surface area (Å²) >= 11 is 0. The number of aryl methyl sites for hydroxylation is 1. The number of hydrogen-bond donors (Lipinski definition) is 0. The van der Waals surface area contributed by atoms with E-state index in [0.717, 1.165) is 37.2 Å². The first-order valence-electron chi connectivity index (χ1n) is 8.47. The van der Waals surface area contributed by atoms with Crippen LogP contribution in [0.2, 0.25) is 0 Å². The lowest BCUT2D eigenvalue weighted by molar-refractivity contribution is 0.280. The van der Waals surface area contributed by atoms with Crippen LogP contribution in [0.3, 0.4) is 0 Å². The minimum Gasteiger partial charge on any atom is -0.299 e. The van der Waals surface area contributed by atoms with Crippen LogP contribution in [0.1, 0.15) is 31.4 Å². The van der Waals surface area contributed by atoms with Gasteiger partial charge in [0.1, 0.15) is 0 Å². The average Bonchev–Trinajstić information content (AvgIpc) is 2.55. The zero-order chi connectivity index (χ0) is 17.7. The van der Waals surface area contributed by atoms with Gasteiger partial charge < -0.3 is 0 Å². The van der Waals surface area contributed by atoms with E-state index in [1.807, 2.05) is 6.07 Å². The van der Waals surface area contributed by atoms with Crippen LogP contribution in [-0.4, -0.2) is 32.7 Å². The molecule has 3 nitrogen and oxygen atoms in total. The van der Waals surface area contributed by atoms with Gasteiger partial charge in [-0.15, -0.1) is 0 Å². The van der Waals surface area contributed by atoms with Crippen molar-refractivity contribution in [1.29, 1.82) is 0 Å². The summed E-state index contributed by atoms with van der Waals surface area (Å²) in [5.41, 5.74) is 4.56. The second-order valence-electron chi connectivity index (χ2n) is 6.31.